The molecule has 0 bridgehead atoms. The third-order valence-corrected chi connectivity index (χ3v) is 2.68. The van der Waals surface area contributed by atoms with E-state index in [1.807, 2.05) is 66.7 Å². The molecule has 0 radical (unpaired) electrons. The van der Waals surface area contributed by atoms with Crippen molar-refractivity contribution < 1.29 is 5.11 Å². The van der Waals surface area contributed by atoms with Gasteiger partial charge in [0.2, 0.25) is 0 Å². The molecule has 94 valence electrons. The van der Waals surface area contributed by atoms with E-state index in [-0.39, 0.29) is 6.61 Å². The Morgan fingerprint density at radius 2 is 1.58 bits per heavy atom. The summed E-state index contributed by atoms with van der Waals surface area (Å²) in [5.41, 5.74) is 3.03. The molecule has 0 heterocycles. The Morgan fingerprint density at radius 1 is 0.947 bits per heavy atom. The monoisotopic (exact) mass is 248 g/mol. The minimum absolute atomic E-state index is 0.142. The fourth-order valence-corrected chi connectivity index (χ4v) is 1.73. The molecule has 2 rings (SSSR count). The number of aliphatic hydroxyl groups excluding tert-OH is 1. The average molecular weight is 248 g/mol. The van der Waals surface area contributed by atoms with Crippen molar-refractivity contribution in [2.24, 2.45) is 0 Å². The van der Waals surface area contributed by atoms with E-state index >= 15 is 0 Å². The summed E-state index contributed by atoms with van der Waals surface area (Å²) in [6, 6.07) is 19.9. The van der Waals surface area contributed by atoms with Crippen molar-refractivity contribution in [1.29, 1.82) is 0 Å². The van der Waals surface area contributed by atoms with Gasteiger partial charge in [-0.2, -0.15) is 0 Å². The zero-order chi connectivity index (χ0) is 13.3. The molecule has 1 N–H and O–H groups in total. The zero-order valence-electron chi connectivity index (χ0n) is 10.7. The lowest BCUT2D eigenvalue weighted by atomic mass is 10.0. The summed E-state index contributed by atoms with van der Waals surface area (Å²) in [7, 11) is 0. The summed E-state index contributed by atoms with van der Waals surface area (Å²) >= 11 is 0. The smallest absolute Gasteiger partial charge is 0.0466 e. The lowest BCUT2D eigenvalue weighted by molar-refractivity contribution is 0.303. The van der Waals surface area contributed by atoms with Crippen LogP contribution in [0, 0.1) is 11.8 Å². The maximum Gasteiger partial charge on any atom is 0.0466 e. The summed E-state index contributed by atoms with van der Waals surface area (Å²) in [5, 5.41) is 8.95. The number of hydrogen-bond donors (Lipinski definition) is 1. The van der Waals surface area contributed by atoms with Crippen LogP contribution in [0.15, 0.2) is 66.7 Å². The van der Waals surface area contributed by atoms with Crippen molar-refractivity contribution in [1.82, 2.24) is 0 Å². The highest BCUT2D eigenvalue weighted by atomic mass is 16.2. The summed E-state index contributed by atoms with van der Waals surface area (Å²) < 4.78 is 0. The van der Waals surface area contributed by atoms with Crippen LogP contribution >= 0.6 is 0 Å². The molecule has 0 fully saturated rings. The van der Waals surface area contributed by atoms with Gasteiger partial charge in [0.15, 0.2) is 0 Å². The molecular formula is C18H16O. The summed E-state index contributed by atoms with van der Waals surface area (Å²) in [6.07, 6.45) is 2.60. The first-order chi connectivity index (χ1) is 9.40. The molecule has 0 aliphatic heterocycles. The van der Waals surface area contributed by atoms with Gasteiger partial charge in [-0.25, -0.2) is 0 Å². The highest BCUT2D eigenvalue weighted by molar-refractivity contribution is 5.79. The third-order valence-electron chi connectivity index (χ3n) is 2.68. The van der Waals surface area contributed by atoms with Gasteiger partial charge in [-0.15, -0.1) is 0 Å². The van der Waals surface area contributed by atoms with Crippen LogP contribution in [-0.4, -0.2) is 11.7 Å². The summed E-state index contributed by atoms with van der Waals surface area (Å²) in [5.74, 6) is 6.34. The van der Waals surface area contributed by atoms with Gasteiger partial charge >= 0.3 is 0 Å². The quantitative estimate of drug-likeness (QED) is 0.824. The zero-order valence-corrected chi connectivity index (χ0v) is 10.7. The third kappa shape index (κ3) is 4.13. The van der Waals surface area contributed by atoms with Crippen molar-refractivity contribution in [3.8, 4) is 11.8 Å². The predicted octanol–water partition coefficient (Wildman–Crippen LogP) is 3.50. The van der Waals surface area contributed by atoms with Crippen molar-refractivity contribution in [2.75, 3.05) is 6.61 Å². The Labute approximate surface area is 114 Å². The van der Waals surface area contributed by atoms with E-state index in [0.29, 0.717) is 6.42 Å². The van der Waals surface area contributed by atoms with Crippen molar-refractivity contribution in [3.63, 3.8) is 0 Å². The molecule has 1 nitrogen and oxygen atoms in total. The molecule has 0 atom stereocenters. The summed E-state index contributed by atoms with van der Waals surface area (Å²) in [4.78, 5) is 0. The van der Waals surface area contributed by atoms with Crippen LogP contribution in [0.5, 0.6) is 0 Å². The van der Waals surface area contributed by atoms with Gasteiger partial charge in [-0.05, 0) is 24.1 Å². The topological polar surface area (TPSA) is 20.2 Å². The van der Waals surface area contributed by atoms with Crippen LogP contribution < -0.4 is 0 Å². The maximum absolute atomic E-state index is 8.95. The molecule has 0 unspecified atom stereocenters. The highest BCUT2D eigenvalue weighted by Crippen LogP contribution is 2.14. The van der Waals surface area contributed by atoms with Gasteiger partial charge in [-0.3, -0.25) is 0 Å². The Bertz CT molecular complexity index is 586. The molecule has 19 heavy (non-hydrogen) atoms. The molecule has 0 spiro atoms. The van der Waals surface area contributed by atoms with Crippen LogP contribution in [0.1, 0.15) is 17.5 Å². The molecule has 0 saturated carbocycles. The molecule has 0 amide bonds. The van der Waals surface area contributed by atoms with Crippen LogP contribution in [0.25, 0.3) is 5.57 Å². The normalized spacial score (nSPS) is 10.7. The van der Waals surface area contributed by atoms with Crippen molar-refractivity contribution in [2.45, 2.75) is 6.42 Å². The SMILES string of the molecule is OCC/C=C(\C#Cc1ccccc1)c1ccccc1. The number of benzene rings is 2. The molecule has 1 heteroatoms. The van der Waals surface area contributed by atoms with E-state index in [4.69, 9.17) is 5.11 Å². The van der Waals surface area contributed by atoms with Gasteiger partial charge in [0.25, 0.3) is 0 Å². The van der Waals surface area contributed by atoms with Crippen molar-refractivity contribution in [3.05, 3.63) is 77.9 Å². The Hall–Kier alpha value is -2.30. The Kier molecular flexibility index (Phi) is 4.98. The molecule has 2 aromatic rings. The van der Waals surface area contributed by atoms with Crippen molar-refractivity contribution >= 4 is 5.57 Å². The van der Waals surface area contributed by atoms with Gasteiger partial charge in [0.1, 0.15) is 0 Å². The molecular weight excluding hydrogens is 232 g/mol. The van der Waals surface area contributed by atoms with Gasteiger partial charge < -0.3 is 5.11 Å². The number of aliphatic hydroxyl groups is 1. The van der Waals surface area contributed by atoms with Crippen LogP contribution in [0.3, 0.4) is 0 Å². The predicted molar refractivity (Wildman–Crippen MR) is 79.4 cm³/mol. The van der Waals surface area contributed by atoms with Crippen LogP contribution in [-0.2, 0) is 0 Å². The standard InChI is InChI=1S/C18H16O/c19-15-7-12-18(17-10-5-2-6-11-17)14-13-16-8-3-1-4-9-16/h1-6,8-12,19H,7,15H2/b18-12+. The Morgan fingerprint density at radius 3 is 2.21 bits per heavy atom. The Balaban J connectivity index is 2.28. The largest absolute Gasteiger partial charge is 0.396 e. The van der Waals surface area contributed by atoms with E-state index in [9.17, 15) is 0 Å². The number of hydrogen-bond acceptors (Lipinski definition) is 1. The molecule has 0 aromatic heterocycles. The van der Waals surface area contributed by atoms with Gasteiger partial charge in [0.05, 0.1) is 0 Å². The van der Waals surface area contributed by atoms with E-state index in [1.54, 1.807) is 0 Å². The second-order valence-electron chi connectivity index (χ2n) is 4.11. The average Bonchev–Trinajstić information content (AvgIpc) is 2.49. The van der Waals surface area contributed by atoms with E-state index in [1.165, 1.54) is 0 Å². The first kappa shape index (κ1) is 13.1. The molecule has 0 saturated heterocycles. The maximum atomic E-state index is 8.95. The van der Waals surface area contributed by atoms with Crippen LogP contribution in [0.2, 0.25) is 0 Å². The summed E-state index contributed by atoms with van der Waals surface area (Å²) in [6.45, 7) is 0.142. The van der Waals surface area contributed by atoms with Crippen LogP contribution in [0.4, 0.5) is 0 Å². The highest BCUT2D eigenvalue weighted by Gasteiger charge is 1.96. The molecule has 0 aliphatic carbocycles. The lowest BCUT2D eigenvalue weighted by Gasteiger charge is -1.99. The number of rotatable bonds is 3. The fraction of sp³-hybridized carbons (Fsp3) is 0.111. The second-order valence-corrected chi connectivity index (χ2v) is 4.11. The first-order valence-corrected chi connectivity index (χ1v) is 6.33. The number of allylic oxidation sites excluding steroid dienone is 1. The second kappa shape index (κ2) is 7.20. The fourth-order valence-electron chi connectivity index (χ4n) is 1.73. The first-order valence-electron chi connectivity index (χ1n) is 6.33. The van der Waals surface area contributed by atoms with E-state index < -0.39 is 0 Å². The molecule has 2 aromatic carbocycles. The minimum Gasteiger partial charge on any atom is -0.396 e. The van der Waals surface area contributed by atoms with E-state index in [0.717, 1.165) is 16.7 Å². The minimum atomic E-state index is 0.142. The van der Waals surface area contributed by atoms with Gasteiger partial charge in [0, 0.05) is 17.7 Å². The lowest BCUT2D eigenvalue weighted by Crippen LogP contribution is -1.84. The van der Waals surface area contributed by atoms with E-state index in [2.05, 4.69) is 11.8 Å². The molecule has 0 aliphatic rings. The van der Waals surface area contributed by atoms with Gasteiger partial charge in [-0.1, -0.05) is 66.4 Å².